The van der Waals surface area contributed by atoms with Crippen molar-refractivity contribution in [3.63, 3.8) is 0 Å². The number of ketones is 1. The van der Waals surface area contributed by atoms with E-state index in [1.807, 2.05) is 19.9 Å². The Kier molecular flexibility index (Phi) is 3.25. The highest BCUT2D eigenvalue weighted by molar-refractivity contribution is 5.98. The number of carbonyl (C=O) groups is 1. The van der Waals surface area contributed by atoms with Crippen molar-refractivity contribution in [2.45, 2.75) is 58.0 Å². The molecule has 1 aliphatic heterocycles. The molecule has 1 saturated carbocycles. The second kappa shape index (κ2) is 4.78. The topological polar surface area (TPSA) is 39.4 Å². The van der Waals surface area contributed by atoms with Crippen LogP contribution in [0.4, 0.5) is 0 Å². The number of rotatable bonds is 2. The Morgan fingerprint density at radius 3 is 2.68 bits per heavy atom. The van der Waals surface area contributed by atoms with Crippen molar-refractivity contribution in [3.05, 3.63) is 23.2 Å². The molecule has 0 radical (unpaired) electrons. The van der Waals surface area contributed by atoms with E-state index in [0.29, 0.717) is 0 Å². The van der Waals surface area contributed by atoms with Gasteiger partial charge in [-0.3, -0.25) is 4.79 Å². The van der Waals surface area contributed by atoms with Crippen molar-refractivity contribution in [1.29, 1.82) is 0 Å². The van der Waals surface area contributed by atoms with Crippen LogP contribution in [0.2, 0.25) is 0 Å². The number of furan rings is 1. The van der Waals surface area contributed by atoms with Gasteiger partial charge in [0, 0.05) is 12.5 Å². The monoisotopic (exact) mass is 262 g/mol. The van der Waals surface area contributed by atoms with Gasteiger partial charge >= 0.3 is 0 Å². The molecule has 1 saturated heterocycles. The van der Waals surface area contributed by atoms with Crippen molar-refractivity contribution in [3.8, 4) is 0 Å². The van der Waals surface area contributed by atoms with Gasteiger partial charge in [0.15, 0.2) is 5.78 Å². The van der Waals surface area contributed by atoms with E-state index in [2.05, 4.69) is 0 Å². The van der Waals surface area contributed by atoms with Crippen molar-refractivity contribution in [2.75, 3.05) is 6.61 Å². The van der Waals surface area contributed by atoms with Gasteiger partial charge in [0.1, 0.15) is 11.5 Å². The smallest absolute Gasteiger partial charge is 0.169 e. The van der Waals surface area contributed by atoms with Crippen LogP contribution >= 0.6 is 0 Å². The minimum absolute atomic E-state index is 0.00522. The zero-order valence-corrected chi connectivity index (χ0v) is 11.8. The lowest BCUT2D eigenvalue weighted by atomic mass is 9.81. The predicted octanol–water partition coefficient (Wildman–Crippen LogP) is 3.82. The lowest BCUT2D eigenvalue weighted by molar-refractivity contribution is -0.0866. The van der Waals surface area contributed by atoms with Gasteiger partial charge in [-0.2, -0.15) is 0 Å². The van der Waals surface area contributed by atoms with Crippen LogP contribution < -0.4 is 0 Å². The molecule has 2 heterocycles. The van der Waals surface area contributed by atoms with Crippen molar-refractivity contribution < 1.29 is 13.9 Å². The van der Waals surface area contributed by atoms with Crippen LogP contribution in [0.3, 0.4) is 0 Å². The third kappa shape index (κ3) is 2.36. The third-order valence-corrected chi connectivity index (χ3v) is 4.68. The van der Waals surface area contributed by atoms with E-state index in [0.717, 1.165) is 49.4 Å². The summed E-state index contributed by atoms with van der Waals surface area (Å²) in [6, 6.07) is 1.88. The van der Waals surface area contributed by atoms with Crippen LogP contribution in [0.1, 0.15) is 60.4 Å². The number of carbonyl (C=O) groups excluding carboxylic acids is 1. The molecule has 19 heavy (non-hydrogen) atoms. The highest BCUT2D eigenvalue weighted by Gasteiger charge is 2.42. The molecule has 104 valence electrons. The fourth-order valence-electron chi connectivity index (χ4n) is 3.71. The van der Waals surface area contributed by atoms with Crippen LogP contribution in [0, 0.1) is 19.8 Å². The summed E-state index contributed by atoms with van der Waals surface area (Å²) in [5.74, 6) is 1.95. The average Bonchev–Trinajstić information content (AvgIpc) is 2.96. The summed E-state index contributed by atoms with van der Waals surface area (Å²) < 4.78 is 11.5. The van der Waals surface area contributed by atoms with Gasteiger partial charge in [-0.25, -0.2) is 0 Å². The maximum absolute atomic E-state index is 12.7. The summed E-state index contributed by atoms with van der Waals surface area (Å²) in [5.41, 5.74) is 0.781. The van der Waals surface area contributed by atoms with Crippen molar-refractivity contribution in [1.82, 2.24) is 0 Å². The van der Waals surface area contributed by atoms with E-state index in [9.17, 15) is 4.79 Å². The molecule has 1 aromatic heterocycles. The molecule has 2 aliphatic rings. The van der Waals surface area contributed by atoms with Gasteiger partial charge in [-0.05, 0) is 45.6 Å². The maximum atomic E-state index is 12.7. The molecule has 1 aromatic rings. The maximum Gasteiger partial charge on any atom is 0.169 e. The number of aryl methyl sites for hydroxylation is 2. The van der Waals surface area contributed by atoms with Gasteiger partial charge in [0.05, 0.1) is 11.2 Å². The second-order valence-corrected chi connectivity index (χ2v) is 6.12. The lowest BCUT2D eigenvalue weighted by Crippen LogP contribution is -2.39. The van der Waals surface area contributed by atoms with Crippen LogP contribution in [-0.4, -0.2) is 18.0 Å². The molecular weight excluding hydrogens is 240 g/mol. The Hall–Kier alpha value is -1.09. The minimum atomic E-state index is 0.00522. The van der Waals surface area contributed by atoms with E-state index >= 15 is 0 Å². The Morgan fingerprint density at radius 1 is 1.32 bits per heavy atom. The molecule has 1 spiro atoms. The summed E-state index contributed by atoms with van der Waals surface area (Å²) >= 11 is 0. The first-order chi connectivity index (χ1) is 9.10. The first kappa shape index (κ1) is 12.9. The zero-order chi connectivity index (χ0) is 13.5. The highest BCUT2D eigenvalue weighted by Crippen LogP contribution is 2.43. The number of hydrogen-bond donors (Lipinski definition) is 0. The first-order valence-corrected chi connectivity index (χ1v) is 7.35. The summed E-state index contributed by atoms with van der Waals surface area (Å²) in [6.45, 7) is 4.50. The molecule has 1 aliphatic carbocycles. The third-order valence-electron chi connectivity index (χ3n) is 4.68. The van der Waals surface area contributed by atoms with Gasteiger partial charge in [-0.15, -0.1) is 0 Å². The molecule has 3 heteroatoms. The van der Waals surface area contributed by atoms with Gasteiger partial charge in [0.25, 0.3) is 0 Å². The fourth-order valence-corrected chi connectivity index (χ4v) is 3.71. The summed E-state index contributed by atoms with van der Waals surface area (Å²) in [4.78, 5) is 12.7. The molecule has 1 atom stereocenters. The van der Waals surface area contributed by atoms with Gasteiger partial charge in [0.2, 0.25) is 0 Å². The van der Waals surface area contributed by atoms with E-state index in [-0.39, 0.29) is 17.3 Å². The Balaban J connectivity index is 1.78. The SMILES string of the molecule is Cc1cc(C(=O)C2CCOC3(CCCC3)C2)c(C)o1. The molecule has 0 aromatic carbocycles. The molecular formula is C16H22O3. The Morgan fingerprint density at radius 2 is 2.05 bits per heavy atom. The number of hydrogen-bond acceptors (Lipinski definition) is 3. The fraction of sp³-hybridized carbons (Fsp3) is 0.688. The zero-order valence-electron chi connectivity index (χ0n) is 11.8. The number of ether oxygens (including phenoxy) is 1. The van der Waals surface area contributed by atoms with E-state index in [1.165, 1.54) is 12.8 Å². The molecule has 0 bridgehead atoms. The van der Waals surface area contributed by atoms with Crippen LogP contribution in [0.15, 0.2) is 10.5 Å². The summed E-state index contributed by atoms with van der Waals surface area (Å²) in [7, 11) is 0. The quantitative estimate of drug-likeness (QED) is 0.761. The second-order valence-electron chi connectivity index (χ2n) is 6.12. The molecule has 0 N–H and O–H groups in total. The standard InChI is InChI=1S/C16H22O3/c1-11-9-14(12(2)19-11)15(17)13-5-8-18-16(10-13)6-3-4-7-16/h9,13H,3-8,10H2,1-2H3. The number of Topliss-reactive ketones (excluding diaryl/α,β-unsaturated/α-hetero) is 1. The minimum Gasteiger partial charge on any atom is -0.466 e. The molecule has 3 rings (SSSR count). The molecule has 0 amide bonds. The van der Waals surface area contributed by atoms with Crippen molar-refractivity contribution >= 4 is 5.78 Å². The van der Waals surface area contributed by atoms with E-state index in [4.69, 9.17) is 9.15 Å². The van der Waals surface area contributed by atoms with Crippen molar-refractivity contribution in [2.24, 2.45) is 5.92 Å². The van der Waals surface area contributed by atoms with Crippen LogP contribution in [0.5, 0.6) is 0 Å². The molecule has 1 unspecified atom stereocenters. The highest BCUT2D eigenvalue weighted by atomic mass is 16.5. The first-order valence-electron chi connectivity index (χ1n) is 7.35. The lowest BCUT2D eigenvalue weighted by Gasteiger charge is -2.37. The largest absolute Gasteiger partial charge is 0.466 e. The van der Waals surface area contributed by atoms with E-state index in [1.54, 1.807) is 0 Å². The van der Waals surface area contributed by atoms with Crippen LogP contribution in [-0.2, 0) is 4.74 Å². The summed E-state index contributed by atoms with van der Waals surface area (Å²) in [6.07, 6.45) is 6.48. The Labute approximate surface area is 114 Å². The molecule has 2 fully saturated rings. The normalized spacial score (nSPS) is 25.9. The van der Waals surface area contributed by atoms with Crippen LogP contribution in [0.25, 0.3) is 0 Å². The predicted molar refractivity (Wildman–Crippen MR) is 72.4 cm³/mol. The van der Waals surface area contributed by atoms with E-state index < -0.39 is 0 Å². The molecule has 3 nitrogen and oxygen atoms in total. The van der Waals surface area contributed by atoms with Gasteiger partial charge < -0.3 is 9.15 Å². The van der Waals surface area contributed by atoms with Gasteiger partial charge in [-0.1, -0.05) is 12.8 Å². The average molecular weight is 262 g/mol. The summed E-state index contributed by atoms with van der Waals surface area (Å²) in [5, 5.41) is 0. The Bertz CT molecular complexity index is 480.